The van der Waals surface area contributed by atoms with Gasteiger partial charge in [-0.05, 0) is 14.0 Å². The molecule has 0 saturated carbocycles. The molecular formula is C9H15ClF3N3O2. The van der Waals surface area contributed by atoms with Gasteiger partial charge in [0, 0.05) is 12.5 Å². The number of hydrogen-bond acceptors (Lipinski definition) is 5. The molecule has 1 N–H and O–H groups in total. The van der Waals surface area contributed by atoms with Crippen molar-refractivity contribution in [2.75, 3.05) is 13.7 Å². The van der Waals surface area contributed by atoms with Gasteiger partial charge in [-0.15, -0.1) is 12.4 Å². The van der Waals surface area contributed by atoms with E-state index in [1.807, 2.05) is 6.92 Å². The maximum absolute atomic E-state index is 11.8. The highest BCUT2D eigenvalue weighted by Gasteiger charge is 2.27. The molecule has 1 rings (SSSR count). The van der Waals surface area contributed by atoms with Gasteiger partial charge >= 0.3 is 6.18 Å². The van der Waals surface area contributed by atoms with Gasteiger partial charge in [0.25, 0.3) is 5.89 Å². The summed E-state index contributed by atoms with van der Waals surface area (Å²) in [5, 5.41) is 6.62. The Balaban J connectivity index is 0.00000289. The van der Waals surface area contributed by atoms with Crippen LogP contribution in [0, 0.1) is 0 Å². The van der Waals surface area contributed by atoms with E-state index < -0.39 is 12.8 Å². The van der Waals surface area contributed by atoms with E-state index in [0.717, 1.165) is 0 Å². The Kier molecular flexibility index (Phi) is 7.19. The number of rotatable bonds is 6. The molecule has 5 nitrogen and oxygen atoms in total. The molecular weight excluding hydrogens is 275 g/mol. The molecule has 0 aliphatic carbocycles. The summed E-state index contributed by atoms with van der Waals surface area (Å²) in [6, 6.07) is 0.163. The lowest BCUT2D eigenvalue weighted by Crippen LogP contribution is -2.24. The van der Waals surface area contributed by atoms with Crippen LogP contribution in [-0.4, -0.2) is 36.0 Å². The second-order valence-electron chi connectivity index (χ2n) is 3.61. The van der Waals surface area contributed by atoms with Crippen molar-refractivity contribution in [3.8, 4) is 0 Å². The molecule has 0 aliphatic heterocycles. The third-order valence-corrected chi connectivity index (χ3v) is 1.98. The summed E-state index contributed by atoms with van der Waals surface area (Å²) in [7, 11) is 1.79. The van der Waals surface area contributed by atoms with Crippen molar-refractivity contribution in [3.63, 3.8) is 0 Å². The Morgan fingerprint density at radius 1 is 1.44 bits per heavy atom. The lowest BCUT2D eigenvalue weighted by Gasteiger charge is -2.05. The van der Waals surface area contributed by atoms with E-state index in [1.54, 1.807) is 7.05 Å². The van der Waals surface area contributed by atoms with Crippen LogP contribution < -0.4 is 5.32 Å². The number of alkyl halides is 3. The minimum absolute atomic E-state index is 0. The molecule has 0 saturated heterocycles. The van der Waals surface area contributed by atoms with Crippen LogP contribution in [-0.2, 0) is 17.8 Å². The molecule has 1 atom stereocenters. The van der Waals surface area contributed by atoms with Gasteiger partial charge in [-0.3, -0.25) is 0 Å². The third kappa shape index (κ3) is 6.77. The van der Waals surface area contributed by atoms with E-state index in [1.165, 1.54) is 0 Å². The highest BCUT2D eigenvalue weighted by molar-refractivity contribution is 5.85. The molecule has 1 aromatic rings. The first-order valence-corrected chi connectivity index (χ1v) is 5.04. The van der Waals surface area contributed by atoms with E-state index in [2.05, 4.69) is 20.2 Å². The first-order valence-electron chi connectivity index (χ1n) is 5.04. The van der Waals surface area contributed by atoms with Gasteiger partial charge in [0.2, 0.25) is 0 Å². The van der Waals surface area contributed by atoms with Gasteiger partial charge in [-0.2, -0.15) is 18.2 Å². The van der Waals surface area contributed by atoms with Crippen molar-refractivity contribution < 1.29 is 22.4 Å². The molecule has 0 fully saturated rings. The van der Waals surface area contributed by atoms with Gasteiger partial charge in [-0.25, -0.2) is 0 Å². The molecule has 9 heteroatoms. The summed E-state index contributed by atoms with van der Waals surface area (Å²) in [6.07, 6.45) is -3.80. The van der Waals surface area contributed by atoms with Crippen molar-refractivity contribution in [2.45, 2.75) is 32.2 Å². The fourth-order valence-electron chi connectivity index (χ4n) is 1.06. The number of hydrogen-bond donors (Lipinski definition) is 1. The fourth-order valence-corrected chi connectivity index (χ4v) is 1.06. The summed E-state index contributed by atoms with van der Waals surface area (Å²) >= 11 is 0. The fraction of sp³-hybridized carbons (Fsp3) is 0.778. The molecule has 106 valence electrons. The average Bonchev–Trinajstić information content (AvgIpc) is 2.63. The predicted octanol–water partition coefficient (Wildman–Crippen LogP) is 1.72. The maximum Gasteiger partial charge on any atom is 0.411 e. The lowest BCUT2D eigenvalue weighted by atomic mass is 10.2. The van der Waals surface area contributed by atoms with Crippen molar-refractivity contribution in [3.05, 3.63) is 11.7 Å². The number of likely N-dealkylation sites (N-methyl/N-ethyl adjacent to an activating group) is 1. The van der Waals surface area contributed by atoms with E-state index in [4.69, 9.17) is 4.52 Å². The third-order valence-electron chi connectivity index (χ3n) is 1.98. The van der Waals surface area contributed by atoms with E-state index in [-0.39, 0.29) is 30.9 Å². The minimum atomic E-state index is -4.34. The van der Waals surface area contributed by atoms with Crippen LogP contribution in [0.4, 0.5) is 13.2 Å². The summed E-state index contributed by atoms with van der Waals surface area (Å²) in [4.78, 5) is 3.91. The van der Waals surface area contributed by atoms with Gasteiger partial charge in [0.1, 0.15) is 13.2 Å². The predicted molar refractivity (Wildman–Crippen MR) is 59.5 cm³/mol. The number of nitrogens with one attached hydrogen (secondary N) is 1. The summed E-state index contributed by atoms with van der Waals surface area (Å²) in [6.45, 7) is 0.272. The highest BCUT2D eigenvalue weighted by atomic mass is 35.5. The Bertz CT molecular complexity index is 346. The van der Waals surface area contributed by atoms with Crippen LogP contribution in [0.1, 0.15) is 18.6 Å². The molecule has 18 heavy (non-hydrogen) atoms. The normalized spacial score (nSPS) is 13.2. The average molecular weight is 290 g/mol. The van der Waals surface area contributed by atoms with Crippen molar-refractivity contribution in [1.82, 2.24) is 15.5 Å². The summed E-state index contributed by atoms with van der Waals surface area (Å²) in [5.74, 6) is 0.491. The second-order valence-corrected chi connectivity index (χ2v) is 3.61. The van der Waals surface area contributed by atoms with E-state index >= 15 is 0 Å². The smallest absolute Gasteiger partial charge is 0.362 e. The molecule has 1 heterocycles. The molecule has 1 unspecified atom stereocenters. The highest BCUT2D eigenvalue weighted by Crippen LogP contribution is 2.15. The largest absolute Gasteiger partial charge is 0.411 e. The minimum Gasteiger partial charge on any atom is -0.362 e. The van der Waals surface area contributed by atoms with Crippen LogP contribution in [0.3, 0.4) is 0 Å². The van der Waals surface area contributed by atoms with Gasteiger partial charge in [-0.1, -0.05) is 5.16 Å². The molecule has 1 aromatic heterocycles. The molecule has 0 spiro atoms. The van der Waals surface area contributed by atoms with Crippen molar-refractivity contribution >= 4 is 12.4 Å². The molecule has 0 aliphatic rings. The summed E-state index contributed by atoms with van der Waals surface area (Å²) < 4.78 is 44.5. The molecule has 0 amide bonds. The Morgan fingerprint density at radius 3 is 2.67 bits per heavy atom. The maximum atomic E-state index is 11.8. The molecule has 0 aromatic carbocycles. The monoisotopic (exact) mass is 289 g/mol. The lowest BCUT2D eigenvalue weighted by molar-refractivity contribution is -0.178. The van der Waals surface area contributed by atoms with Crippen molar-refractivity contribution in [1.29, 1.82) is 0 Å². The van der Waals surface area contributed by atoms with Crippen molar-refractivity contribution in [2.24, 2.45) is 0 Å². The Morgan fingerprint density at radius 2 is 2.11 bits per heavy atom. The van der Waals surface area contributed by atoms with Crippen LogP contribution in [0.2, 0.25) is 0 Å². The van der Waals surface area contributed by atoms with Gasteiger partial charge in [0.15, 0.2) is 5.82 Å². The SMILES string of the molecule is CNC(C)Cc1noc(COCC(F)(F)F)n1.Cl. The van der Waals surface area contributed by atoms with Crippen LogP contribution in [0.25, 0.3) is 0 Å². The van der Waals surface area contributed by atoms with E-state index in [9.17, 15) is 13.2 Å². The van der Waals surface area contributed by atoms with Crippen LogP contribution in [0.5, 0.6) is 0 Å². The topological polar surface area (TPSA) is 60.2 Å². The zero-order valence-corrected chi connectivity index (χ0v) is 10.8. The number of halogens is 4. The van der Waals surface area contributed by atoms with Crippen LogP contribution in [0.15, 0.2) is 4.52 Å². The summed E-state index contributed by atoms with van der Waals surface area (Å²) in [5.41, 5.74) is 0. The standard InChI is InChI=1S/C9H14F3N3O2.ClH/c1-6(13-2)3-7-14-8(17-15-7)4-16-5-9(10,11)12;/h6,13H,3-5H2,1-2H3;1H. The zero-order valence-electron chi connectivity index (χ0n) is 9.95. The number of ether oxygens (including phenoxy) is 1. The molecule has 0 radical (unpaired) electrons. The zero-order chi connectivity index (χ0) is 12.9. The first kappa shape index (κ1) is 17.1. The van der Waals surface area contributed by atoms with E-state index in [0.29, 0.717) is 12.2 Å². The quantitative estimate of drug-likeness (QED) is 0.864. The Hall–Kier alpha value is -0.860. The number of nitrogens with zero attached hydrogens (tertiary/aromatic N) is 2. The second kappa shape index (κ2) is 7.55. The van der Waals surface area contributed by atoms with Gasteiger partial charge < -0.3 is 14.6 Å². The first-order chi connectivity index (χ1) is 7.90. The number of aromatic nitrogens is 2. The van der Waals surface area contributed by atoms with Crippen LogP contribution >= 0.6 is 12.4 Å². The molecule has 0 bridgehead atoms. The van der Waals surface area contributed by atoms with Gasteiger partial charge in [0.05, 0.1) is 0 Å². The Labute approximate surface area is 108 Å².